The van der Waals surface area contributed by atoms with Crippen LogP contribution in [-0.2, 0) is 13.2 Å². The van der Waals surface area contributed by atoms with Crippen LogP contribution in [0.15, 0.2) is 60.7 Å². The topological polar surface area (TPSA) is 30.5 Å². The van der Waals surface area contributed by atoms with Gasteiger partial charge in [0.25, 0.3) is 0 Å². The maximum Gasteiger partial charge on any atom is 0.156 e. The van der Waals surface area contributed by atoms with Crippen LogP contribution in [0, 0.1) is 0 Å². The molecule has 0 unspecified atom stereocenters. The molecule has 3 aromatic rings. The van der Waals surface area contributed by atoms with E-state index in [-0.39, 0.29) is 0 Å². The summed E-state index contributed by atoms with van der Waals surface area (Å²) in [5.74, 6) is 1.30. The molecule has 0 aromatic heterocycles. The summed E-state index contributed by atoms with van der Waals surface area (Å²) in [4.78, 5) is 0. The van der Waals surface area contributed by atoms with Gasteiger partial charge in [0.2, 0.25) is 0 Å². The molecule has 0 aliphatic carbocycles. The van der Waals surface area contributed by atoms with Gasteiger partial charge in [0.15, 0.2) is 5.75 Å². The Morgan fingerprint density at radius 1 is 0.821 bits per heavy atom. The summed E-state index contributed by atoms with van der Waals surface area (Å²) < 4.78 is 11.3. The van der Waals surface area contributed by atoms with Gasteiger partial charge in [0.1, 0.15) is 12.4 Å². The van der Waals surface area contributed by atoms with Crippen LogP contribution in [0.4, 0.5) is 5.69 Å². The first-order valence-corrected chi connectivity index (χ1v) is 10.0. The maximum absolute atomic E-state index is 6.39. The summed E-state index contributed by atoms with van der Waals surface area (Å²) in [6.45, 7) is 3.48. The Balaban J connectivity index is 1.63. The second-order valence-electron chi connectivity index (χ2n) is 6.08. The Hall–Kier alpha value is -2.07. The highest BCUT2D eigenvalue weighted by atomic mass is 35.5. The average Bonchev–Trinajstić information content (AvgIpc) is 2.68. The van der Waals surface area contributed by atoms with Crippen molar-refractivity contribution in [3.8, 4) is 11.5 Å². The van der Waals surface area contributed by atoms with Crippen molar-refractivity contribution < 1.29 is 9.47 Å². The highest BCUT2D eigenvalue weighted by molar-refractivity contribution is 6.37. The van der Waals surface area contributed by atoms with Gasteiger partial charge >= 0.3 is 0 Å². The van der Waals surface area contributed by atoms with Crippen LogP contribution in [0.1, 0.15) is 18.1 Å². The number of halogens is 3. The molecule has 0 spiro atoms. The van der Waals surface area contributed by atoms with Crippen molar-refractivity contribution in [2.24, 2.45) is 0 Å². The van der Waals surface area contributed by atoms with Gasteiger partial charge in [0.05, 0.1) is 16.7 Å². The van der Waals surface area contributed by atoms with Crippen LogP contribution in [0.2, 0.25) is 15.1 Å². The SMILES string of the molecule is CCOc1ccc(NCc2cc(Cl)c(OCc3ccccc3Cl)c(Cl)c2)cc1. The molecule has 28 heavy (non-hydrogen) atoms. The van der Waals surface area contributed by atoms with E-state index in [2.05, 4.69) is 5.32 Å². The Kier molecular flexibility index (Phi) is 7.32. The Labute approximate surface area is 180 Å². The first-order chi connectivity index (χ1) is 13.6. The molecular formula is C22H20Cl3NO2. The molecule has 0 aliphatic heterocycles. The van der Waals surface area contributed by atoms with E-state index in [0.29, 0.717) is 40.6 Å². The van der Waals surface area contributed by atoms with Crippen LogP contribution >= 0.6 is 34.8 Å². The molecular weight excluding hydrogens is 417 g/mol. The van der Waals surface area contributed by atoms with Crippen LogP contribution in [0.3, 0.4) is 0 Å². The fourth-order valence-corrected chi connectivity index (χ4v) is 3.49. The summed E-state index contributed by atoms with van der Waals surface area (Å²) in [7, 11) is 0. The minimum Gasteiger partial charge on any atom is -0.494 e. The highest BCUT2D eigenvalue weighted by Gasteiger charge is 2.11. The summed E-state index contributed by atoms with van der Waals surface area (Å²) in [6, 6.07) is 19.0. The minimum absolute atomic E-state index is 0.295. The van der Waals surface area contributed by atoms with Gasteiger partial charge in [-0.25, -0.2) is 0 Å². The zero-order valence-corrected chi connectivity index (χ0v) is 17.6. The second-order valence-corrected chi connectivity index (χ2v) is 7.30. The normalized spacial score (nSPS) is 10.6. The molecule has 0 radical (unpaired) electrons. The van der Waals surface area contributed by atoms with Gasteiger partial charge in [0, 0.05) is 22.8 Å². The molecule has 3 aromatic carbocycles. The summed E-state index contributed by atoms with van der Waals surface area (Å²) in [5.41, 5.74) is 2.81. The summed E-state index contributed by atoms with van der Waals surface area (Å²) in [6.07, 6.45) is 0. The first-order valence-electron chi connectivity index (χ1n) is 8.87. The van der Waals surface area contributed by atoms with Crippen molar-refractivity contribution in [2.45, 2.75) is 20.1 Å². The largest absolute Gasteiger partial charge is 0.494 e. The van der Waals surface area contributed by atoms with E-state index in [1.807, 2.05) is 67.6 Å². The lowest BCUT2D eigenvalue weighted by Gasteiger charge is -2.13. The van der Waals surface area contributed by atoms with Gasteiger partial charge in [-0.1, -0.05) is 53.0 Å². The zero-order valence-electron chi connectivity index (χ0n) is 15.3. The van der Waals surface area contributed by atoms with E-state index in [9.17, 15) is 0 Å². The third-order valence-corrected chi connectivity index (χ3v) is 4.98. The van der Waals surface area contributed by atoms with Crippen molar-refractivity contribution in [1.82, 2.24) is 0 Å². The molecule has 0 aliphatic rings. The molecule has 0 bridgehead atoms. The monoisotopic (exact) mass is 435 g/mol. The number of anilines is 1. The molecule has 0 saturated heterocycles. The van der Waals surface area contributed by atoms with E-state index in [1.165, 1.54) is 0 Å². The van der Waals surface area contributed by atoms with E-state index in [1.54, 1.807) is 0 Å². The molecule has 0 heterocycles. The number of hydrogen-bond acceptors (Lipinski definition) is 3. The van der Waals surface area contributed by atoms with Crippen LogP contribution < -0.4 is 14.8 Å². The standard InChI is InChI=1S/C22H20Cl3NO2/c1-2-27-18-9-7-17(8-10-18)26-13-15-11-20(24)22(21(25)12-15)28-14-16-5-3-4-6-19(16)23/h3-12,26H,2,13-14H2,1H3. The predicted molar refractivity (Wildman–Crippen MR) is 117 cm³/mol. The highest BCUT2D eigenvalue weighted by Crippen LogP contribution is 2.35. The van der Waals surface area contributed by atoms with Crippen LogP contribution in [0.5, 0.6) is 11.5 Å². The van der Waals surface area contributed by atoms with Crippen molar-refractivity contribution in [1.29, 1.82) is 0 Å². The fraction of sp³-hybridized carbons (Fsp3) is 0.182. The summed E-state index contributed by atoms with van der Waals surface area (Å²) in [5, 5.41) is 4.91. The van der Waals surface area contributed by atoms with Crippen molar-refractivity contribution in [2.75, 3.05) is 11.9 Å². The van der Waals surface area contributed by atoms with Crippen molar-refractivity contribution in [3.05, 3.63) is 86.9 Å². The zero-order chi connectivity index (χ0) is 19.9. The second kappa shape index (κ2) is 9.92. The molecule has 0 atom stereocenters. The molecule has 3 nitrogen and oxygen atoms in total. The smallest absolute Gasteiger partial charge is 0.156 e. The third kappa shape index (κ3) is 5.48. The summed E-state index contributed by atoms with van der Waals surface area (Å²) >= 11 is 18.9. The molecule has 0 amide bonds. The molecule has 6 heteroatoms. The lowest BCUT2D eigenvalue weighted by Crippen LogP contribution is -2.02. The number of hydrogen-bond donors (Lipinski definition) is 1. The molecule has 0 saturated carbocycles. The van der Waals surface area contributed by atoms with Crippen LogP contribution in [-0.4, -0.2) is 6.61 Å². The molecule has 0 fully saturated rings. The van der Waals surface area contributed by atoms with Crippen molar-refractivity contribution >= 4 is 40.5 Å². The first kappa shape index (κ1) is 20.7. The Morgan fingerprint density at radius 3 is 2.14 bits per heavy atom. The van der Waals surface area contributed by atoms with E-state index in [4.69, 9.17) is 44.3 Å². The van der Waals surface area contributed by atoms with E-state index >= 15 is 0 Å². The number of nitrogens with one attached hydrogen (secondary N) is 1. The molecule has 1 N–H and O–H groups in total. The Bertz CT molecular complexity index is 906. The lowest BCUT2D eigenvalue weighted by atomic mass is 10.2. The van der Waals surface area contributed by atoms with Crippen molar-refractivity contribution in [3.63, 3.8) is 0 Å². The quantitative estimate of drug-likeness (QED) is 0.404. The molecule has 146 valence electrons. The van der Waals surface area contributed by atoms with Gasteiger partial charge in [-0.3, -0.25) is 0 Å². The van der Waals surface area contributed by atoms with Gasteiger partial charge in [-0.2, -0.15) is 0 Å². The average molecular weight is 437 g/mol. The predicted octanol–water partition coefficient (Wildman–Crippen LogP) is 7.24. The van der Waals surface area contributed by atoms with Gasteiger partial charge < -0.3 is 14.8 Å². The number of benzene rings is 3. The van der Waals surface area contributed by atoms with E-state index in [0.717, 1.165) is 22.6 Å². The van der Waals surface area contributed by atoms with Gasteiger partial charge in [-0.05, 0) is 55.0 Å². The number of ether oxygens (including phenoxy) is 2. The lowest BCUT2D eigenvalue weighted by molar-refractivity contribution is 0.306. The number of rotatable bonds is 8. The minimum atomic E-state index is 0.295. The van der Waals surface area contributed by atoms with Gasteiger partial charge in [-0.15, -0.1) is 0 Å². The van der Waals surface area contributed by atoms with Crippen LogP contribution in [0.25, 0.3) is 0 Å². The molecule has 3 rings (SSSR count). The third-order valence-electron chi connectivity index (χ3n) is 4.05. The Morgan fingerprint density at radius 2 is 1.50 bits per heavy atom. The fourth-order valence-electron chi connectivity index (χ4n) is 2.66. The van der Waals surface area contributed by atoms with E-state index < -0.39 is 0 Å². The maximum atomic E-state index is 6.39.